The van der Waals surface area contributed by atoms with Crippen LogP contribution >= 0.6 is 0 Å². The van der Waals surface area contributed by atoms with Gasteiger partial charge in [0.1, 0.15) is 23.5 Å². The van der Waals surface area contributed by atoms with Crippen molar-refractivity contribution in [1.82, 2.24) is 9.97 Å². The van der Waals surface area contributed by atoms with Crippen LogP contribution < -0.4 is 16.6 Å². The number of hydrazine groups is 1. The van der Waals surface area contributed by atoms with Crippen LogP contribution in [0.3, 0.4) is 0 Å². The molecule has 1 atom stereocenters. The SMILES string of the molecule is CCCc1nc(NN)cc(NC(CC(C)C)C(=O)OC)n1. The third kappa shape index (κ3) is 5.55. The number of anilines is 2. The number of nitrogens with one attached hydrogen (secondary N) is 2. The molecule has 1 aromatic heterocycles. The Labute approximate surface area is 125 Å². The zero-order valence-corrected chi connectivity index (χ0v) is 13.1. The first-order chi connectivity index (χ1) is 9.99. The maximum absolute atomic E-state index is 11.8. The minimum atomic E-state index is -0.440. The number of aromatic nitrogens is 2. The Bertz CT molecular complexity index is 465. The zero-order chi connectivity index (χ0) is 15.8. The fourth-order valence-corrected chi connectivity index (χ4v) is 1.99. The van der Waals surface area contributed by atoms with Gasteiger partial charge in [-0.05, 0) is 18.8 Å². The summed E-state index contributed by atoms with van der Waals surface area (Å²) < 4.78 is 4.83. The average molecular weight is 295 g/mol. The summed E-state index contributed by atoms with van der Waals surface area (Å²) in [5.41, 5.74) is 2.52. The van der Waals surface area contributed by atoms with E-state index in [1.54, 1.807) is 6.07 Å². The molecule has 21 heavy (non-hydrogen) atoms. The van der Waals surface area contributed by atoms with E-state index in [4.69, 9.17) is 10.6 Å². The molecule has 0 aromatic carbocycles. The Hall–Kier alpha value is -1.89. The fourth-order valence-electron chi connectivity index (χ4n) is 1.99. The predicted octanol–water partition coefficient (Wildman–Crippen LogP) is 1.71. The lowest BCUT2D eigenvalue weighted by Crippen LogP contribution is -2.32. The lowest BCUT2D eigenvalue weighted by molar-refractivity contribution is -0.141. The smallest absolute Gasteiger partial charge is 0.328 e. The molecular weight excluding hydrogens is 270 g/mol. The summed E-state index contributed by atoms with van der Waals surface area (Å²) in [5, 5.41) is 3.11. The van der Waals surface area contributed by atoms with Crippen molar-refractivity contribution in [3.05, 3.63) is 11.9 Å². The van der Waals surface area contributed by atoms with Crippen molar-refractivity contribution in [2.45, 2.75) is 46.1 Å². The van der Waals surface area contributed by atoms with Crippen LogP contribution in [0.5, 0.6) is 0 Å². The van der Waals surface area contributed by atoms with Crippen molar-refractivity contribution in [2.75, 3.05) is 17.9 Å². The molecule has 1 heterocycles. The monoisotopic (exact) mass is 295 g/mol. The van der Waals surface area contributed by atoms with Gasteiger partial charge in [-0.1, -0.05) is 20.8 Å². The normalized spacial score (nSPS) is 12.1. The number of rotatable bonds is 8. The van der Waals surface area contributed by atoms with Gasteiger partial charge in [0.05, 0.1) is 7.11 Å². The number of hydrogen-bond acceptors (Lipinski definition) is 7. The van der Waals surface area contributed by atoms with E-state index in [9.17, 15) is 4.79 Å². The molecule has 1 aromatic rings. The molecule has 0 aliphatic carbocycles. The van der Waals surface area contributed by atoms with E-state index in [1.165, 1.54) is 7.11 Å². The van der Waals surface area contributed by atoms with Crippen LogP contribution in [0.25, 0.3) is 0 Å². The summed E-state index contributed by atoms with van der Waals surface area (Å²) in [6, 6.07) is 1.24. The van der Waals surface area contributed by atoms with Crippen molar-refractivity contribution in [1.29, 1.82) is 0 Å². The molecule has 7 nitrogen and oxygen atoms in total. The molecule has 0 aliphatic heterocycles. The summed E-state index contributed by atoms with van der Waals surface area (Å²) in [4.78, 5) is 20.5. The minimum absolute atomic E-state index is 0.304. The van der Waals surface area contributed by atoms with Gasteiger partial charge < -0.3 is 15.5 Å². The highest BCUT2D eigenvalue weighted by Gasteiger charge is 2.21. The summed E-state index contributed by atoms with van der Waals surface area (Å²) in [5.74, 6) is 7.24. The molecule has 1 unspecified atom stereocenters. The van der Waals surface area contributed by atoms with E-state index in [-0.39, 0.29) is 5.97 Å². The van der Waals surface area contributed by atoms with E-state index in [0.717, 1.165) is 12.8 Å². The molecule has 0 radical (unpaired) electrons. The van der Waals surface area contributed by atoms with Crippen LogP contribution in [0.1, 0.15) is 39.4 Å². The van der Waals surface area contributed by atoms with Gasteiger partial charge in [-0.25, -0.2) is 20.6 Å². The highest BCUT2D eigenvalue weighted by molar-refractivity contribution is 5.78. The standard InChI is InChI=1S/C14H25N5O2/c1-5-6-11-17-12(8-13(18-11)19-15)16-10(7-9(2)3)14(20)21-4/h8-10H,5-7,15H2,1-4H3,(H2,16,17,18,19). The van der Waals surface area contributed by atoms with Crippen LogP contribution in [0.15, 0.2) is 6.07 Å². The maximum atomic E-state index is 11.8. The number of nitrogen functional groups attached to an aromatic ring is 1. The molecule has 4 N–H and O–H groups in total. The topological polar surface area (TPSA) is 102 Å². The Morgan fingerprint density at radius 1 is 1.38 bits per heavy atom. The van der Waals surface area contributed by atoms with Crippen LogP contribution in [-0.2, 0) is 16.0 Å². The van der Waals surface area contributed by atoms with Gasteiger partial charge in [0.25, 0.3) is 0 Å². The molecule has 0 amide bonds. The molecule has 0 aliphatic rings. The number of nitrogens with zero attached hydrogens (tertiary/aromatic N) is 2. The average Bonchev–Trinajstić information content (AvgIpc) is 2.45. The molecule has 0 spiro atoms. The lowest BCUT2D eigenvalue weighted by atomic mass is 10.0. The second-order valence-corrected chi connectivity index (χ2v) is 5.30. The number of methoxy groups -OCH3 is 1. The van der Waals surface area contributed by atoms with Gasteiger partial charge in [-0.15, -0.1) is 0 Å². The number of ether oxygens (including phenoxy) is 1. The van der Waals surface area contributed by atoms with Gasteiger partial charge in [-0.2, -0.15) is 0 Å². The number of aryl methyl sites for hydroxylation is 1. The van der Waals surface area contributed by atoms with Crippen LogP contribution in [0, 0.1) is 5.92 Å². The third-order valence-electron chi connectivity index (χ3n) is 2.91. The number of hydrogen-bond donors (Lipinski definition) is 3. The van der Waals surface area contributed by atoms with E-state index >= 15 is 0 Å². The van der Waals surface area contributed by atoms with E-state index in [0.29, 0.717) is 29.8 Å². The van der Waals surface area contributed by atoms with Gasteiger partial charge >= 0.3 is 5.97 Å². The van der Waals surface area contributed by atoms with Crippen molar-refractivity contribution in [3.8, 4) is 0 Å². The second-order valence-electron chi connectivity index (χ2n) is 5.30. The summed E-state index contributed by atoms with van der Waals surface area (Å²) in [7, 11) is 1.38. The van der Waals surface area contributed by atoms with Crippen LogP contribution in [0.4, 0.5) is 11.6 Å². The Morgan fingerprint density at radius 3 is 2.57 bits per heavy atom. The van der Waals surface area contributed by atoms with Crippen molar-refractivity contribution < 1.29 is 9.53 Å². The minimum Gasteiger partial charge on any atom is -0.467 e. The summed E-state index contributed by atoms with van der Waals surface area (Å²) in [6.07, 6.45) is 2.34. The second kappa shape index (κ2) is 8.41. The van der Waals surface area contributed by atoms with Gasteiger partial charge in [0.2, 0.25) is 0 Å². The van der Waals surface area contributed by atoms with E-state index in [2.05, 4.69) is 27.6 Å². The quantitative estimate of drug-likeness (QED) is 0.381. The van der Waals surface area contributed by atoms with Crippen molar-refractivity contribution in [3.63, 3.8) is 0 Å². The lowest BCUT2D eigenvalue weighted by Gasteiger charge is -2.19. The first kappa shape index (κ1) is 17.2. The largest absolute Gasteiger partial charge is 0.467 e. The molecule has 0 saturated heterocycles. The fraction of sp³-hybridized carbons (Fsp3) is 0.643. The Morgan fingerprint density at radius 2 is 2.05 bits per heavy atom. The molecule has 0 bridgehead atoms. The van der Waals surface area contributed by atoms with E-state index in [1.807, 2.05) is 13.8 Å². The first-order valence-corrected chi connectivity index (χ1v) is 7.19. The zero-order valence-electron chi connectivity index (χ0n) is 13.1. The Kier molecular flexibility index (Phi) is 6.87. The molecule has 0 saturated carbocycles. The highest BCUT2D eigenvalue weighted by atomic mass is 16.5. The van der Waals surface area contributed by atoms with Crippen LogP contribution in [-0.4, -0.2) is 29.1 Å². The number of carbonyl (C=O) groups is 1. The number of esters is 1. The molecule has 7 heteroatoms. The number of nitrogens with two attached hydrogens (primary N) is 1. The summed E-state index contributed by atoms with van der Waals surface area (Å²) >= 11 is 0. The highest BCUT2D eigenvalue weighted by Crippen LogP contribution is 2.16. The third-order valence-corrected chi connectivity index (χ3v) is 2.91. The molecule has 118 valence electrons. The Balaban J connectivity index is 2.95. The molecule has 0 fully saturated rings. The predicted molar refractivity (Wildman–Crippen MR) is 82.7 cm³/mol. The van der Waals surface area contributed by atoms with Crippen LogP contribution in [0.2, 0.25) is 0 Å². The molecular formula is C14H25N5O2. The van der Waals surface area contributed by atoms with Gasteiger partial charge in [0, 0.05) is 12.5 Å². The van der Waals surface area contributed by atoms with Gasteiger partial charge in [-0.3, -0.25) is 0 Å². The van der Waals surface area contributed by atoms with Crippen molar-refractivity contribution >= 4 is 17.6 Å². The number of carbonyl (C=O) groups excluding carboxylic acids is 1. The first-order valence-electron chi connectivity index (χ1n) is 7.19. The van der Waals surface area contributed by atoms with Crippen molar-refractivity contribution in [2.24, 2.45) is 11.8 Å². The molecule has 1 rings (SSSR count). The summed E-state index contributed by atoms with van der Waals surface area (Å²) in [6.45, 7) is 6.15. The maximum Gasteiger partial charge on any atom is 0.328 e. The van der Waals surface area contributed by atoms with Gasteiger partial charge in [0.15, 0.2) is 0 Å². The van der Waals surface area contributed by atoms with E-state index < -0.39 is 6.04 Å².